The Bertz CT molecular complexity index is 243. The van der Waals surface area contributed by atoms with Gasteiger partial charge in [-0.2, -0.15) is 0 Å². The molecule has 0 fully saturated rings. The van der Waals surface area contributed by atoms with Crippen LogP contribution in [-0.2, 0) is 14.8 Å². The Balaban J connectivity index is 3.81. The molecule has 4 nitrogen and oxygen atoms in total. The van der Waals surface area contributed by atoms with Gasteiger partial charge in [0, 0.05) is 0 Å². The van der Waals surface area contributed by atoms with Gasteiger partial charge in [0.2, 0.25) is 10.0 Å². The molecule has 86 valence electrons. The fourth-order valence-electron chi connectivity index (χ4n) is 0.936. The van der Waals surface area contributed by atoms with Crippen LogP contribution < -0.4 is 5.14 Å². The molecule has 7 heteroatoms. The zero-order valence-electron chi connectivity index (χ0n) is 7.95. The van der Waals surface area contributed by atoms with Gasteiger partial charge in [-0.05, 0) is 5.92 Å². The minimum absolute atomic E-state index is 0.00271. The molecule has 0 aromatic carbocycles. The van der Waals surface area contributed by atoms with Crippen molar-refractivity contribution >= 4 is 10.0 Å². The molecule has 1 unspecified atom stereocenters. The van der Waals surface area contributed by atoms with Gasteiger partial charge in [0.1, 0.15) is 6.61 Å². The molecular formula is C7H15F2NO3S. The first-order chi connectivity index (χ1) is 6.35. The van der Waals surface area contributed by atoms with Crippen LogP contribution in [0.2, 0.25) is 0 Å². The quantitative estimate of drug-likeness (QED) is 0.697. The van der Waals surface area contributed by atoms with Gasteiger partial charge in [0.25, 0.3) is 6.43 Å². The summed E-state index contributed by atoms with van der Waals surface area (Å²) < 4.78 is 49.3. The molecule has 0 aliphatic heterocycles. The zero-order chi connectivity index (χ0) is 11.2. The molecule has 0 aliphatic rings. The van der Waals surface area contributed by atoms with Gasteiger partial charge in [-0.3, -0.25) is 0 Å². The molecule has 0 aromatic heterocycles. The predicted octanol–water partition coefficient (Wildman–Crippen LogP) is 0.583. The standard InChI is InChI=1S/C7H15F2NO3S/c1-2-6(5-14(10,11)12)3-13-4-7(8)9/h6-7H,2-5H2,1H3,(H2,10,11,12). The number of sulfonamides is 1. The van der Waals surface area contributed by atoms with E-state index in [2.05, 4.69) is 4.74 Å². The van der Waals surface area contributed by atoms with Crippen molar-refractivity contribution in [3.63, 3.8) is 0 Å². The molecule has 0 heterocycles. The Labute approximate surface area is 82.5 Å². The molecule has 2 N–H and O–H groups in total. The van der Waals surface area contributed by atoms with Gasteiger partial charge in [-0.15, -0.1) is 0 Å². The first kappa shape index (κ1) is 13.7. The van der Waals surface area contributed by atoms with E-state index >= 15 is 0 Å². The first-order valence-electron chi connectivity index (χ1n) is 4.21. The predicted molar refractivity (Wildman–Crippen MR) is 48.6 cm³/mol. The molecule has 0 amide bonds. The van der Waals surface area contributed by atoms with E-state index in [-0.39, 0.29) is 18.3 Å². The number of alkyl halides is 2. The first-order valence-corrected chi connectivity index (χ1v) is 5.93. The molecule has 0 radical (unpaired) electrons. The van der Waals surface area contributed by atoms with E-state index in [0.717, 1.165) is 0 Å². The van der Waals surface area contributed by atoms with Gasteiger partial charge in [0.15, 0.2) is 0 Å². The molecule has 0 bridgehead atoms. The molecule has 1 atom stereocenters. The number of hydrogen-bond acceptors (Lipinski definition) is 3. The van der Waals surface area contributed by atoms with Crippen LogP contribution >= 0.6 is 0 Å². The Hall–Kier alpha value is -0.270. The molecular weight excluding hydrogens is 216 g/mol. The number of rotatable bonds is 7. The van der Waals surface area contributed by atoms with Crippen LogP contribution in [0.1, 0.15) is 13.3 Å². The third kappa shape index (κ3) is 8.33. The van der Waals surface area contributed by atoms with E-state index in [4.69, 9.17) is 5.14 Å². The maximum absolute atomic E-state index is 11.7. The second-order valence-corrected chi connectivity index (χ2v) is 4.69. The van der Waals surface area contributed by atoms with E-state index in [0.29, 0.717) is 6.42 Å². The number of halogens is 2. The third-order valence-electron chi connectivity index (χ3n) is 1.64. The monoisotopic (exact) mass is 231 g/mol. The highest BCUT2D eigenvalue weighted by Crippen LogP contribution is 2.06. The average Bonchev–Trinajstić information content (AvgIpc) is 1.99. The average molecular weight is 231 g/mol. The van der Waals surface area contributed by atoms with E-state index in [1.54, 1.807) is 6.92 Å². The summed E-state index contributed by atoms with van der Waals surface area (Å²) in [6, 6.07) is 0. The summed E-state index contributed by atoms with van der Waals surface area (Å²) in [5.41, 5.74) is 0. The van der Waals surface area contributed by atoms with Crippen molar-refractivity contribution in [2.75, 3.05) is 19.0 Å². The van der Waals surface area contributed by atoms with Crippen LogP contribution in [0.25, 0.3) is 0 Å². The van der Waals surface area contributed by atoms with Crippen LogP contribution in [-0.4, -0.2) is 33.8 Å². The van der Waals surface area contributed by atoms with Gasteiger partial charge in [-0.1, -0.05) is 13.3 Å². The number of ether oxygens (including phenoxy) is 1. The minimum atomic E-state index is -3.55. The summed E-state index contributed by atoms with van der Waals surface area (Å²) >= 11 is 0. The van der Waals surface area contributed by atoms with E-state index < -0.39 is 23.1 Å². The normalized spacial score (nSPS) is 14.6. The maximum Gasteiger partial charge on any atom is 0.261 e. The summed E-state index contributed by atoms with van der Waals surface area (Å²) in [6.45, 7) is 1.08. The van der Waals surface area contributed by atoms with E-state index in [1.165, 1.54) is 0 Å². The Morgan fingerprint density at radius 3 is 2.29 bits per heavy atom. The Kier molecular flexibility index (Phi) is 6.14. The maximum atomic E-state index is 11.7. The largest absolute Gasteiger partial charge is 0.375 e. The van der Waals surface area contributed by atoms with E-state index in [1.807, 2.05) is 0 Å². The van der Waals surface area contributed by atoms with Crippen molar-refractivity contribution in [1.29, 1.82) is 0 Å². The van der Waals surface area contributed by atoms with Crippen LogP contribution in [0.5, 0.6) is 0 Å². The smallest absolute Gasteiger partial charge is 0.261 e. The van der Waals surface area contributed by atoms with Gasteiger partial charge in [0.05, 0.1) is 12.4 Å². The lowest BCUT2D eigenvalue weighted by atomic mass is 10.1. The molecule has 0 rings (SSSR count). The van der Waals surface area contributed by atoms with Crippen molar-refractivity contribution in [2.45, 2.75) is 19.8 Å². The van der Waals surface area contributed by atoms with Crippen molar-refractivity contribution in [1.82, 2.24) is 0 Å². The lowest BCUT2D eigenvalue weighted by molar-refractivity contribution is 0.00599. The topological polar surface area (TPSA) is 69.4 Å². The van der Waals surface area contributed by atoms with Gasteiger partial charge >= 0.3 is 0 Å². The summed E-state index contributed by atoms with van der Waals surface area (Å²) in [5.74, 6) is -0.545. The van der Waals surface area contributed by atoms with Crippen molar-refractivity contribution in [3.8, 4) is 0 Å². The van der Waals surface area contributed by atoms with Crippen molar-refractivity contribution in [3.05, 3.63) is 0 Å². The number of primary sulfonamides is 1. The second kappa shape index (κ2) is 6.26. The van der Waals surface area contributed by atoms with Crippen molar-refractivity contribution in [2.24, 2.45) is 11.1 Å². The van der Waals surface area contributed by atoms with Crippen LogP contribution in [0, 0.1) is 5.92 Å². The summed E-state index contributed by atoms with van der Waals surface area (Å²) in [7, 11) is -3.55. The van der Waals surface area contributed by atoms with Crippen molar-refractivity contribution < 1.29 is 21.9 Å². The lowest BCUT2D eigenvalue weighted by Gasteiger charge is -2.13. The Morgan fingerprint density at radius 1 is 1.36 bits per heavy atom. The molecule has 0 saturated heterocycles. The van der Waals surface area contributed by atoms with Crippen LogP contribution in [0.3, 0.4) is 0 Å². The third-order valence-corrected chi connectivity index (χ3v) is 2.58. The SMILES string of the molecule is CCC(COCC(F)F)CS(N)(=O)=O. The molecule has 0 saturated carbocycles. The molecule has 0 spiro atoms. The number of nitrogens with two attached hydrogens (primary N) is 1. The highest BCUT2D eigenvalue weighted by molar-refractivity contribution is 7.89. The highest BCUT2D eigenvalue weighted by atomic mass is 32.2. The molecule has 14 heavy (non-hydrogen) atoms. The zero-order valence-corrected chi connectivity index (χ0v) is 8.77. The number of hydrogen-bond donors (Lipinski definition) is 1. The summed E-state index contributed by atoms with van der Waals surface area (Å²) in [4.78, 5) is 0. The second-order valence-electron chi connectivity index (χ2n) is 3.03. The fraction of sp³-hybridized carbons (Fsp3) is 1.00. The minimum Gasteiger partial charge on any atom is -0.375 e. The van der Waals surface area contributed by atoms with E-state index in [9.17, 15) is 17.2 Å². The summed E-state index contributed by atoms with van der Waals surface area (Å²) in [6.07, 6.45) is -2.00. The lowest BCUT2D eigenvalue weighted by Crippen LogP contribution is -2.26. The molecule has 0 aliphatic carbocycles. The molecule has 0 aromatic rings. The summed E-state index contributed by atoms with van der Waals surface area (Å²) in [5, 5.41) is 4.81. The van der Waals surface area contributed by atoms with Gasteiger partial charge in [-0.25, -0.2) is 22.3 Å². The van der Waals surface area contributed by atoms with Crippen LogP contribution in [0.15, 0.2) is 0 Å². The Morgan fingerprint density at radius 2 is 1.93 bits per heavy atom. The fourth-order valence-corrected chi connectivity index (χ4v) is 1.93. The highest BCUT2D eigenvalue weighted by Gasteiger charge is 2.15. The van der Waals surface area contributed by atoms with Gasteiger partial charge < -0.3 is 4.74 Å². The van der Waals surface area contributed by atoms with Crippen LogP contribution in [0.4, 0.5) is 8.78 Å².